The summed E-state index contributed by atoms with van der Waals surface area (Å²) in [5, 5.41) is 0. The zero-order valence-electron chi connectivity index (χ0n) is 15.3. The maximum absolute atomic E-state index is 12.0. The van der Waals surface area contributed by atoms with Crippen molar-refractivity contribution in [1.82, 2.24) is 0 Å². The van der Waals surface area contributed by atoms with E-state index in [0.29, 0.717) is 52.9 Å². The van der Waals surface area contributed by atoms with E-state index in [1.807, 2.05) is 0 Å². The van der Waals surface area contributed by atoms with Crippen LogP contribution in [0.4, 0.5) is 0 Å². The van der Waals surface area contributed by atoms with Crippen LogP contribution in [0.3, 0.4) is 0 Å². The van der Waals surface area contributed by atoms with Gasteiger partial charge in [-0.1, -0.05) is 0 Å². The van der Waals surface area contributed by atoms with Crippen LogP contribution in [0.25, 0.3) is 0 Å². The van der Waals surface area contributed by atoms with Gasteiger partial charge in [0.25, 0.3) is 0 Å². The molecule has 0 fully saturated rings. The van der Waals surface area contributed by atoms with Crippen molar-refractivity contribution in [1.29, 1.82) is 0 Å². The van der Waals surface area contributed by atoms with Crippen molar-refractivity contribution in [2.24, 2.45) is 0 Å². The number of rotatable bonds is 0. The minimum absolute atomic E-state index is 0.103. The number of carbonyl (C=O) groups is 2. The van der Waals surface area contributed by atoms with Crippen LogP contribution in [-0.4, -0.2) is 90.8 Å². The number of hydrogen-bond acceptors (Lipinski definition) is 9. The molecule has 0 aromatic carbocycles. The zero-order valence-corrected chi connectivity index (χ0v) is 15.3. The van der Waals surface area contributed by atoms with Crippen molar-refractivity contribution in [3.05, 3.63) is 23.7 Å². The van der Waals surface area contributed by atoms with Crippen molar-refractivity contribution in [2.45, 2.75) is 0 Å². The maximum Gasteiger partial charge on any atom is 0.224 e. The Morgan fingerprint density at radius 1 is 0.444 bits per heavy atom. The van der Waals surface area contributed by atoms with Crippen LogP contribution in [0.2, 0.25) is 0 Å². The Morgan fingerprint density at radius 2 is 0.704 bits per heavy atom. The lowest BCUT2D eigenvalue weighted by Crippen LogP contribution is -2.21. The molecule has 27 heavy (non-hydrogen) atoms. The van der Waals surface area contributed by atoms with Gasteiger partial charge in [-0.2, -0.15) is 0 Å². The van der Waals surface area contributed by atoms with E-state index in [0.717, 1.165) is 12.2 Å². The second-order valence-electron chi connectivity index (χ2n) is 5.48. The average molecular weight is 386 g/mol. The first-order valence-corrected chi connectivity index (χ1v) is 8.94. The lowest BCUT2D eigenvalue weighted by atomic mass is 10.1. The van der Waals surface area contributed by atoms with E-state index in [1.165, 1.54) is 0 Å². The first-order chi connectivity index (χ1) is 13.3. The average Bonchev–Trinajstić information content (AvgIpc) is 2.67. The highest BCUT2D eigenvalue weighted by Gasteiger charge is 2.26. The van der Waals surface area contributed by atoms with Crippen LogP contribution >= 0.6 is 0 Å². The molecule has 9 nitrogen and oxygen atoms in total. The van der Waals surface area contributed by atoms with E-state index >= 15 is 0 Å². The molecule has 0 bridgehead atoms. The van der Waals surface area contributed by atoms with E-state index in [1.54, 1.807) is 0 Å². The van der Waals surface area contributed by atoms with Gasteiger partial charge in [-0.3, -0.25) is 9.59 Å². The lowest BCUT2D eigenvalue weighted by Gasteiger charge is -2.16. The highest BCUT2D eigenvalue weighted by Crippen LogP contribution is 2.17. The summed E-state index contributed by atoms with van der Waals surface area (Å²) in [4.78, 5) is 24.0. The smallest absolute Gasteiger partial charge is 0.224 e. The highest BCUT2D eigenvalue weighted by atomic mass is 16.6. The number of allylic oxidation sites excluding steroid dienone is 2. The van der Waals surface area contributed by atoms with E-state index in [4.69, 9.17) is 33.2 Å². The molecule has 0 atom stereocenters. The topological polar surface area (TPSA) is 98.8 Å². The van der Waals surface area contributed by atoms with Crippen molar-refractivity contribution in [3.63, 3.8) is 0 Å². The molecule has 2 aliphatic rings. The van der Waals surface area contributed by atoms with Crippen LogP contribution in [0.5, 0.6) is 0 Å². The summed E-state index contributed by atoms with van der Waals surface area (Å²) in [6, 6.07) is 0. The Kier molecular flexibility index (Phi) is 10.7. The molecule has 0 saturated heterocycles. The van der Waals surface area contributed by atoms with Crippen LogP contribution in [-0.2, 0) is 42.7 Å². The van der Waals surface area contributed by atoms with Gasteiger partial charge >= 0.3 is 0 Å². The summed E-state index contributed by atoms with van der Waals surface area (Å²) in [6.07, 6.45) is 2.33. The minimum Gasteiger partial charge on any atom is -0.484 e. The van der Waals surface area contributed by atoms with Crippen molar-refractivity contribution < 1.29 is 42.7 Å². The Labute approximate surface area is 158 Å². The molecule has 1 aliphatic carbocycles. The van der Waals surface area contributed by atoms with Gasteiger partial charge in [0.2, 0.25) is 23.1 Å². The fourth-order valence-corrected chi connectivity index (χ4v) is 2.19. The van der Waals surface area contributed by atoms with Gasteiger partial charge in [0.15, 0.2) is 0 Å². The fourth-order valence-electron chi connectivity index (χ4n) is 2.19. The van der Waals surface area contributed by atoms with E-state index in [2.05, 4.69) is 0 Å². The summed E-state index contributed by atoms with van der Waals surface area (Å²) in [5.74, 6) is -1.04. The molecular weight excluding hydrogens is 360 g/mol. The number of hydrogen-bond donors (Lipinski definition) is 0. The van der Waals surface area contributed by atoms with Gasteiger partial charge in [0, 0.05) is 0 Å². The standard InChI is InChI=1S/C18H26O9/c19-15-1-2-16(20)18-17(15)26-13-11-24-9-7-22-5-3-21-4-6-23-8-10-25-12-14-27-18/h1-2H,3-14H2. The fraction of sp³-hybridized carbons (Fsp3) is 0.667. The molecule has 0 aromatic rings. The molecule has 1 heterocycles. The van der Waals surface area contributed by atoms with Gasteiger partial charge in [0.1, 0.15) is 13.2 Å². The Morgan fingerprint density at radius 3 is 1.00 bits per heavy atom. The van der Waals surface area contributed by atoms with E-state index < -0.39 is 11.6 Å². The molecule has 0 radical (unpaired) electrons. The molecule has 0 aromatic heterocycles. The molecule has 0 N–H and O–H groups in total. The number of ketones is 2. The van der Waals surface area contributed by atoms with Crippen molar-refractivity contribution in [3.8, 4) is 0 Å². The second-order valence-corrected chi connectivity index (χ2v) is 5.48. The van der Waals surface area contributed by atoms with Gasteiger partial charge in [-0.15, -0.1) is 0 Å². The molecular formula is C18H26O9. The number of ether oxygens (including phenoxy) is 7. The third-order valence-electron chi connectivity index (χ3n) is 3.48. The predicted octanol–water partition coefficient (Wildman–Crippen LogP) is 0.0358. The second kappa shape index (κ2) is 13.4. The van der Waals surface area contributed by atoms with Crippen LogP contribution in [0.15, 0.2) is 23.7 Å². The molecule has 0 unspecified atom stereocenters. The summed E-state index contributed by atoms with van der Waals surface area (Å²) >= 11 is 0. The first-order valence-electron chi connectivity index (χ1n) is 8.94. The minimum atomic E-state index is -0.416. The molecule has 9 heteroatoms. The van der Waals surface area contributed by atoms with Crippen LogP contribution < -0.4 is 0 Å². The van der Waals surface area contributed by atoms with Gasteiger partial charge in [-0.25, -0.2) is 0 Å². The first kappa shape index (κ1) is 21.5. The largest absolute Gasteiger partial charge is 0.484 e. The summed E-state index contributed by atoms with van der Waals surface area (Å²) in [6.45, 7) is 4.28. The normalized spacial score (nSPS) is 23.0. The summed E-state index contributed by atoms with van der Waals surface area (Å²) < 4.78 is 37.6. The van der Waals surface area contributed by atoms with Crippen LogP contribution in [0.1, 0.15) is 0 Å². The molecule has 1 aliphatic heterocycles. The molecule has 152 valence electrons. The quantitative estimate of drug-likeness (QED) is 0.534. The summed E-state index contributed by atoms with van der Waals surface area (Å²) in [5.41, 5.74) is 0. The third-order valence-corrected chi connectivity index (χ3v) is 3.48. The molecule has 0 spiro atoms. The molecule has 0 saturated carbocycles. The Hall–Kier alpha value is -1.78. The Bertz CT molecular complexity index is 483. The lowest BCUT2D eigenvalue weighted by molar-refractivity contribution is -0.121. The third kappa shape index (κ3) is 8.63. The monoisotopic (exact) mass is 386 g/mol. The van der Waals surface area contributed by atoms with Gasteiger partial charge in [0.05, 0.1) is 66.1 Å². The van der Waals surface area contributed by atoms with Gasteiger partial charge < -0.3 is 33.2 Å². The van der Waals surface area contributed by atoms with Crippen molar-refractivity contribution >= 4 is 11.6 Å². The predicted molar refractivity (Wildman–Crippen MR) is 92.2 cm³/mol. The van der Waals surface area contributed by atoms with E-state index in [9.17, 15) is 9.59 Å². The number of carbonyl (C=O) groups excluding carboxylic acids is 2. The highest BCUT2D eigenvalue weighted by molar-refractivity contribution is 6.18. The Balaban J connectivity index is 1.84. The molecule has 0 amide bonds. The molecule has 2 rings (SSSR count). The maximum atomic E-state index is 12.0. The summed E-state index contributed by atoms with van der Waals surface area (Å²) in [7, 11) is 0. The van der Waals surface area contributed by atoms with Crippen LogP contribution in [0, 0.1) is 0 Å². The van der Waals surface area contributed by atoms with E-state index in [-0.39, 0.29) is 37.9 Å². The van der Waals surface area contributed by atoms with Gasteiger partial charge in [-0.05, 0) is 12.2 Å². The van der Waals surface area contributed by atoms with Crippen molar-refractivity contribution in [2.75, 3.05) is 79.3 Å². The zero-order chi connectivity index (χ0) is 19.2. The SMILES string of the molecule is O=C1C=CC(=O)C2=C1OCCOCCOCCOCCOCCOCCO2.